The molecule has 0 amide bonds. The summed E-state index contributed by atoms with van der Waals surface area (Å²) in [7, 11) is 0. The maximum absolute atomic E-state index is 13.1. The van der Waals surface area contributed by atoms with Crippen LogP contribution in [0.1, 0.15) is 151 Å². The summed E-state index contributed by atoms with van der Waals surface area (Å²) >= 11 is 0. The largest absolute Gasteiger partial charge is 0.393 e. The van der Waals surface area contributed by atoms with Gasteiger partial charge in [0, 0.05) is 12.3 Å². The number of aliphatic hydroxyl groups excluding tert-OH is 1. The third kappa shape index (κ3) is 11.6. The molecule has 0 heterocycles. The van der Waals surface area contributed by atoms with Crippen molar-refractivity contribution in [2.45, 2.75) is 157 Å². The molecular weight excluding hydrogens is 440 g/mol. The van der Waals surface area contributed by atoms with Gasteiger partial charge in [0.25, 0.3) is 0 Å². The van der Waals surface area contributed by atoms with Gasteiger partial charge < -0.3 is 5.11 Å². The van der Waals surface area contributed by atoms with Crippen LogP contribution in [0.5, 0.6) is 0 Å². The second kappa shape index (κ2) is 16.6. The first-order valence-electron chi connectivity index (χ1n) is 16.3. The minimum absolute atomic E-state index is 0.149. The predicted molar refractivity (Wildman–Crippen MR) is 156 cm³/mol. The quantitative estimate of drug-likeness (QED) is 0.227. The Morgan fingerprint density at radius 1 is 0.778 bits per heavy atom. The zero-order valence-electron chi connectivity index (χ0n) is 25.4. The number of hydrogen-bond donors (Lipinski definition) is 1. The van der Waals surface area contributed by atoms with Gasteiger partial charge in [0.15, 0.2) is 0 Å². The molecule has 2 rings (SSSR count). The van der Waals surface area contributed by atoms with Crippen LogP contribution in [-0.2, 0) is 4.79 Å². The number of hydrogen-bond acceptors (Lipinski definition) is 2. The molecule has 0 aromatic heterocycles. The van der Waals surface area contributed by atoms with Gasteiger partial charge in [-0.05, 0) is 98.7 Å². The molecular formula is C34H64O2. The normalized spacial score (nSPS) is 29.5. The van der Waals surface area contributed by atoms with E-state index in [0.717, 1.165) is 49.4 Å². The molecule has 2 aliphatic carbocycles. The molecule has 0 spiro atoms. The summed E-state index contributed by atoms with van der Waals surface area (Å²) in [6.07, 6.45) is 19.3. The molecule has 0 saturated heterocycles. The molecule has 0 aliphatic heterocycles. The molecule has 0 radical (unpaired) electrons. The van der Waals surface area contributed by atoms with Crippen LogP contribution < -0.4 is 0 Å². The van der Waals surface area contributed by atoms with Crippen molar-refractivity contribution in [2.75, 3.05) is 0 Å². The first kappa shape index (κ1) is 31.8. The third-order valence-electron chi connectivity index (χ3n) is 10.6. The predicted octanol–water partition coefficient (Wildman–Crippen LogP) is 9.87. The van der Waals surface area contributed by atoms with E-state index in [2.05, 4.69) is 48.5 Å². The first-order valence-corrected chi connectivity index (χ1v) is 16.3. The molecule has 2 heteroatoms. The average Bonchev–Trinajstić information content (AvgIpc) is 2.85. The molecule has 2 saturated carbocycles. The number of carbonyl (C=O) groups is 1. The van der Waals surface area contributed by atoms with Crippen LogP contribution in [0.15, 0.2) is 0 Å². The summed E-state index contributed by atoms with van der Waals surface area (Å²) < 4.78 is 0. The SMILES string of the molecule is CCC(C)C[C@@H](C)CCC1CCC(CC(=O)[C@@H](C)CCC(C[C@H](O)C2CCC(C)CC2)C(C)C)CC1. The van der Waals surface area contributed by atoms with Crippen LogP contribution in [0.3, 0.4) is 0 Å². The van der Waals surface area contributed by atoms with Crippen molar-refractivity contribution in [1.29, 1.82) is 0 Å². The molecule has 36 heavy (non-hydrogen) atoms. The minimum atomic E-state index is -0.149. The lowest BCUT2D eigenvalue weighted by Crippen LogP contribution is -2.29. The summed E-state index contributed by atoms with van der Waals surface area (Å²) in [5.74, 6) is 6.39. The van der Waals surface area contributed by atoms with E-state index in [9.17, 15) is 9.90 Å². The number of aliphatic hydroxyl groups is 1. The topological polar surface area (TPSA) is 37.3 Å². The highest BCUT2D eigenvalue weighted by molar-refractivity contribution is 5.80. The van der Waals surface area contributed by atoms with Crippen molar-refractivity contribution >= 4 is 5.78 Å². The lowest BCUT2D eigenvalue weighted by atomic mass is 9.74. The second-order valence-corrected chi connectivity index (χ2v) is 14.3. The van der Waals surface area contributed by atoms with E-state index in [1.807, 2.05) is 0 Å². The molecule has 5 atom stereocenters. The van der Waals surface area contributed by atoms with E-state index in [0.29, 0.717) is 29.5 Å². The average molecular weight is 505 g/mol. The fraction of sp³-hybridized carbons (Fsp3) is 0.971. The summed E-state index contributed by atoms with van der Waals surface area (Å²) in [6, 6.07) is 0. The molecule has 0 aromatic rings. The highest BCUT2D eigenvalue weighted by Crippen LogP contribution is 2.37. The number of ketones is 1. The van der Waals surface area contributed by atoms with Gasteiger partial charge in [-0.15, -0.1) is 0 Å². The van der Waals surface area contributed by atoms with Crippen molar-refractivity contribution in [3.63, 3.8) is 0 Å². The number of rotatable bonds is 16. The van der Waals surface area contributed by atoms with Crippen molar-refractivity contribution in [3.05, 3.63) is 0 Å². The maximum atomic E-state index is 13.1. The van der Waals surface area contributed by atoms with Crippen LogP contribution in [0.25, 0.3) is 0 Å². The van der Waals surface area contributed by atoms with E-state index in [1.165, 1.54) is 77.0 Å². The van der Waals surface area contributed by atoms with Gasteiger partial charge in [-0.3, -0.25) is 4.79 Å². The van der Waals surface area contributed by atoms with Crippen molar-refractivity contribution in [1.82, 2.24) is 0 Å². The molecule has 2 nitrogen and oxygen atoms in total. The van der Waals surface area contributed by atoms with Gasteiger partial charge >= 0.3 is 0 Å². The highest BCUT2D eigenvalue weighted by atomic mass is 16.3. The summed E-state index contributed by atoms with van der Waals surface area (Å²) in [4.78, 5) is 13.1. The Morgan fingerprint density at radius 3 is 1.97 bits per heavy atom. The van der Waals surface area contributed by atoms with Crippen LogP contribution in [0, 0.1) is 53.3 Å². The zero-order chi connectivity index (χ0) is 26.7. The fourth-order valence-corrected chi connectivity index (χ4v) is 7.22. The maximum Gasteiger partial charge on any atom is 0.135 e. The first-order chi connectivity index (χ1) is 17.1. The molecule has 2 unspecified atom stereocenters. The van der Waals surface area contributed by atoms with Crippen LogP contribution in [0.4, 0.5) is 0 Å². The van der Waals surface area contributed by atoms with Gasteiger partial charge in [-0.1, -0.05) is 93.4 Å². The second-order valence-electron chi connectivity index (χ2n) is 14.3. The summed E-state index contributed by atoms with van der Waals surface area (Å²) in [6.45, 7) is 16.3. The van der Waals surface area contributed by atoms with E-state index in [1.54, 1.807) is 0 Å². The Balaban J connectivity index is 1.66. The lowest BCUT2D eigenvalue weighted by molar-refractivity contribution is -0.124. The monoisotopic (exact) mass is 504 g/mol. The molecule has 2 fully saturated rings. The smallest absolute Gasteiger partial charge is 0.135 e. The molecule has 1 N–H and O–H groups in total. The zero-order valence-corrected chi connectivity index (χ0v) is 25.4. The lowest BCUT2D eigenvalue weighted by Gasteiger charge is -2.33. The summed E-state index contributed by atoms with van der Waals surface area (Å²) in [5.41, 5.74) is 0. The van der Waals surface area contributed by atoms with E-state index < -0.39 is 0 Å². The van der Waals surface area contributed by atoms with E-state index >= 15 is 0 Å². The molecule has 2 aliphatic rings. The molecule has 0 bridgehead atoms. The minimum Gasteiger partial charge on any atom is -0.393 e. The number of carbonyl (C=O) groups excluding carboxylic acids is 1. The van der Waals surface area contributed by atoms with Crippen LogP contribution in [0.2, 0.25) is 0 Å². The van der Waals surface area contributed by atoms with Crippen LogP contribution >= 0.6 is 0 Å². The van der Waals surface area contributed by atoms with Gasteiger partial charge in [0.2, 0.25) is 0 Å². The van der Waals surface area contributed by atoms with E-state index in [-0.39, 0.29) is 12.0 Å². The van der Waals surface area contributed by atoms with E-state index in [4.69, 9.17) is 0 Å². The fourth-order valence-electron chi connectivity index (χ4n) is 7.22. The Labute approximate surface area is 226 Å². The van der Waals surface area contributed by atoms with Gasteiger partial charge in [-0.25, -0.2) is 0 Å². The molecule has 0 aromatic carbocycles. The Hall–Kier alpha value is -0.370. The Kier molecular flexibility index (Phi) is 14.7. The number of Topliss-reactive ketones (excluding diaryl/α,β-unsaturated/α-hetero) is 1. The van der Waals surface area contributed by atoms with Crippen molar-refractivity contribution < 1.29 is 9.90 Å². The standard InChI is InChI=1S/C34H64O2/c1-8-25(4)21-27(6)9-13-29-14-16-30(17-15-29)22-33(35)28(7)12-20-32(24(2)3)23-34(36)31-18-10-26(5)11-19-31/h24-32,34,36H,8-23H2,1-7H3/t25?,26?,27-,28-,29?,30?,31?,32?,34-/m0/s1. The highest BCUT2D eigenvalue weighted by Gasteiger charge is 2.29. The third-order valence-corrected chi connectivity index (χ3v) is 10.6. The van der Waals surface area contributed by atoms with Gasteiger partial charge in [0.1, 0.15) is 5.78 Å². The summed E-state index contributed by atoms with van der Waals surface area (Å²) in [5, 5.41) is 10.9. The van der Waals surface area contributed by atoms with Crippen LogP contribution in [-0.4, -0.2) is 17.0 Å². The van der Waals surface area contributed by atoms with Crippen molar-refractivity contribution in [3.8, 4) is 0 Å². The van der Waals surface area contributed by atoms with Crippen molar-refractivity contribution in [2.24, 2.45) is 53.3 Å². The Bertz CT molecular complexity index is 582. The Morgan fingerprint density at radius 2 is 1.39 bits per heavy atom. The molecule has 212 valence electrons. The van der Waals surface area contributed by atoms with Gasteiger partial charge in [0.05, 0.1) is 6.10 Å². The van der Waals surface area contributed by atoms with Gasteiger partial charge in [-0.2, -0.15) is 0 Å².